The van der Waals surface area contributed by atoms with Crippen molar-refractivity contribution in [1.29, 1.82) is 0 Å². The second-order valence-corrected chi connectivity index (χ2v) is 5.89. The van der Waals surface area contributed by atoms with Gasteiger partial charge in [0.25, 0.3) is 0 Å². The Kier molecular flexibility index (Phi) is 3.62. The maximum absolute atomic E-state index is 5.81. The van der Waals surface area contributed by atoms with Crippen molar-refractivity contribution in [3.8, 4) is 17.2 Å². The fourth-order valence-electron chi connectivity index (χ4n) is 2.96. The second-order valence-electron chi connectivity index (χ2n) is 5.52. The van der Waals surface area contributed by atoms with E-state index in [0.717, 1.165) is 46.9 Å². The van der Waals surface area contributed by atoms with Crippen LogP contribution in [0, 0.1) is 0 Å². The predicted octanol–water partition coefficient (Wildman–Crippen LogP) is 4.10. The van der Waals surface area contributed by atoms with Gasteiger partial charge in [0, 0.05) is 30.1 Å². The molecule has 0 amide bonds. The zero-order valence-electron chi connectivity index (χ0n) is 12.9. The number of fused-ring (bicyclic) bond motifs is 2. The van der Waals surface area contributed by atoms with Crippen LogP contribution in [0.15, 0.2) is 36.4 Å². The number of hydrogen-bond acceptors (Lipinski definition) is 3. The standard InChI is InChI=1S/C18H17ClN2O2/c1-2-18-20-14-9-16-17(23-11-22-16)10-15(14)21(18)13-5-3-12(4-6-13)7-8-19/h3-6,9-10H,2,7-8,11H2,1H3. The van der Waals surface area contributed by atoms with Crippen LogP contribution < -0.4 is 9.47 Å². The molecule has 0 aliphatic carbocycles. The van der Waals surface area contributed by atoms with E-state index in [1.807, 2.05) is 12.1 Å². The van der Waals surface area contributed by atoms with Crippen LogP contribution in [0.1, 0.15) is 18.3 Å². The molecular formula is C18H17ClN2O2. The van der Waals surface area contributed by atoms with Crippen molar-refractivity contribution in [3.63, 3.8) is 0 Å². The van der Waals surface area contributed by atoms with Crippen LogP contribution in [0.25, 0.3) is 16.7 Å². The summed E-state index contributed by atoms with van der Waals surface area (Å²) >= 11 is 5.81. The van der Waals surface area contributed by atoms with Crippen molar-refractivity contribution in [3.05, 3.63) is 47.8 Å². The summed E-state index contributed by atoms with van der Waals surface area (Å²) in [6.45, 7) is 2.38. The fraction of sp³-hybridized carbons (Fsp3) is 0.278. The quantitative estimate of drug-likeness (QED) is 0.677. The van der Waals surface area contributed by atoms with Crippen LogP contribution in [0.4, 0.5) is 0 Å². The normalized spacial score (nSPS) is 13.0. The molecule has 2 heterocycles. The topological polar surface area (TPSA) is 36.3 Å². The first-order chi connectivity index (χ1) is 11.3. The van der Waals surface area contributed by atoms with E-state index in [4.69, 9.17) is 26.1 Å². The molecule has 1 aromatic heterocycles. The van der Waals surface area contributed by atoms with Gasteiger partial charge in [0.15, 0.2) is 11.5 Å². The zero-order valence-corrected chi connectivity index (χ0v) is 13.6. The Labute approximate surface area is 139 Å². The molecule has 0 N–H and O–H groups in total. The van der Waals surface area contributed by atoms with Crippen molar-refractivity contribution < 1.29 is 9.47 Å². The molecule has 0 fully saturated rings. The Morgan fingerprint density at radius 1 is 1.13 bits per heavy atom. The molecule has 0 spiro atoms. The lowest BCUT2D eigenvalue weighted by Gasteiger charge is -2.09. The number of alkyl halides is 1. The maximum Gasteiger partial charge on any atom is 0.231 e. The molecular weight excluding hydrogens is 312 g/mol. The summed E-state index contributed by atoms with van der Waals surface area (Å²) < 4.78 is 13.1. The lowest BCUT2D eigenvalue weighted by molar-refractivity contribution is 0.174. The maximum atomic E-state index is 5.81. The number of halogens is 1. The van der Waals surface area contributed by atoms with Crippen LogP contribution in [0.5, 0.6) is 11.5 Å². The average molecular weight is 329 g/mol. The molecule has 4 nitrogen and oxygen atoms in total. The highest BCUT2D eigenvalue weighted by atomic mass is 35.5. The van der Waals surface area contributed by atoms with Gasteiger partial charge >= 0.3 is 0 Å². The summed E-state index contributed by atoms with van der Waals surface area (Å²) in [5.74, 6) is 3.20. The van der Waals surface area contributed by atoms with E-state index < -0.39 is 0 Å². The first-order valence-corrected chi connectivity index (χ1v) is 8.30. The van der Waals surface area contributed by atoms with E-state index in [1.165, 1.54) is 5.56 Å². The Bertz CT molecular complexity index is 856. The van der Waals surface area contributed by atoms with Crippen LogP contribution in [0.3, 0.4) is 0 Å². The molecule has 0 saturated carbocycles. The summed E-state index contributed by atoms with van der Waals surface area (Å²) in [7, 11) is 0. The average Bonchev–Trinajstić information content (AvgIpc) is 3.16. The Morgan fingerprint density at radius 3 is 2.57 bits per heavy atom. The fourth-order valence-corrected chi connectivity index (χ4v) is 3.18. The highest BCUT2D eigenvalue weighted by Gasteiger charge is 2.19. The third kappa shape index (κ3) is 2.43. The van der Waals surface area contributed by atoms with E-state index in [-0.39, 0.29) is 6.79 Å². The third-order valence-electron chi connectivity index (χ3n) is 4.11. The summed E-state index contributed by atoms with van der Waals surface area (Å²) in [4.78, 5) is 4.75. The molecule has 0 unspecified atom stereocenters. The van der Waals surface area contributed by atoms with Gasteiger partial charge in [-0.3, -0.25) is 4.57 Å². The van der Waals surface area contributed by atoms with Gasteiger partial charge in [-0.1, -0.05) is 19.1 Å². The predicted molar refractivity (Wildman–Crippen MR) is 91.0 cm³/mol. The number of hydrogen-bond donors (Lipinski definition) is 0. The number of ether oxygens (including phenoxy) is 2. The van der Waals surface area contributed by atoms with Crippen molar-refractivity contribution >= 4 is 22.6 Å². The summed E-state index contributed by atoms with van der Waals surface area (Å²) in [6.07, 6.45) is 1.73. The van der Waals surface area contributed by atoms with Gasteiger partial charge in [-0.05, 0) is 24.1 Å². The van der Waals surface area contributed by atoms with Crippen molar-refractivity contribution in [2.45, 2.75) is 19.8 Å². The number of aromatic nitrogens is 2. The van der Waals surface area contributed by atoms with Crippen molar-refractivity contribution in [2.75, 3.05) is 12.7 Å². The Hall–Kier alpha value is -2.20. The second kappa shape index (κ2) is 5.78. The molecule has 2 aromatic carbocycles. The van der Waals surface area contributed by atoms with E-state index in [0.29, 0.717) is 5.88 Å². The van der Waals surface area contributed by atoms with Crippen molar-refractivity contribution in [1.82, 2.24) is 9.55 Å². The molecule has 0 radical (unpaired) electrons. The number of aryl methyl sites for hydroxylation is 2. The number of nitrogens with zero attached hydrogens (tertiary/aromatic N) is 2. The highest BCUT2D eigenvalue weighted by Crippen LogP contribution is 2.37. The monoisotopic (exact) mass is 328 g/mol. The van der Waals surface area contributed by atoms with Gasteiger partial charge < -0.3 is 9.47 Å². The minimum absolute atomic E-state index is 0.274. The summed E-state index contributed by atoms with van der Waals surface area (Å²) in [6, 6.07) is 12.4. The molecule has 0 bridgehead atoms. The highest BCUT2D eigenvalue weighted by molar-refractivity contribution is 6.17. The molecule has 1 aliphatic heterocycles. The molecule has 4 rings (SSSR count). The smallest absolute Gasteiger partial charge is 0.231 e. The molecule has 23 heavy (non-hydrogen) atoms. The summed E-state index contributed by atoms with van der Waals surface area (Å²) in [5.41, 5.74) is 4.30. The van der Waals surface area contributed by atoms with Gasteiger partial charge in [-0.2, -0.15) is 0 Å². The molecule has 0 saturated heterocycles. The Morgan fingerprint density at radius 2 is 1.87 bits per heavy atom. The first-order valence-electron chi connectivity index (χ1n) is 7.76. The third-order valence-corrected chi connectivity index (χ3v) is 4.30. The van der Waals surface area contributed by atoms with Crippen LogP contribution in [-0.2, 0) is 12.8 Å². The van der Waals surface area contributed by atoms with Crippen LogP contribution in [-0.4, -0.2) is 22.2 Å². The number of rotatable bonds is 4. The number of imidazole rings is 1. The van der Waals surface area contributed by atoms with Gasteiger partial charge in [0.05, 0.1) is 11.0 Å². The number of benzene rings is 2. The van der Waals surface area contributed by atoms with Crippen LogP contribution >= 0.6 is 11.6 Å². The zero-order chi connectivity index (χ0) is 15.8. The van der Waals surface area contributed by atoms with Gasteiger partial charge in [0.1, 0.15) is 5.82 Å². The molecule has 5 heteroatoms. The van der Waals surface area contributed by atoms with Gasteiger partial charge in [0.2, 0.25) is 6.79 Å². The van der Waals surface area contributed by atoms with Gasteiger partial charge in [-0.15, -0.1) is 11.6 Å². The Balaban J connectivity index is 1.87. The van der Waals surface area contributed by atoms with Crippen LogP contribution in [0.2, 0.25) is 0 Å². The molecule has 0 atom stereocenters. The van der Waals surface area contributed by atoms with E-state index in [1.54, 1.807) is 0 Å². The first kappa shape index (κ1) is 14.4. The van der Waals surface area contributed by atoms with Crippen molar-refractivity contribution in [2.24, 2.45) is 0 Å². The molecule has 3 aromatic rings. The lowest BCUT2D eigenvalue weighted by atomic mass is 10.1. The minimum Gasteiger partial charge on any atom is -0.454 e. The van der Waals surface area contributed by atoms with E-state index in [2.05, 4.69) is 35.8 Å². The lowest BCUT2D eigenvalue weighted by Crippen LogP contribution is -2.00. The van der Waals surface area contributed by atoms with E-state index >= 15 is 0 Å². The SMILES string of the molecule is CCc1nc2cc3c(cc2n1-c1ccc(CCCl)cc1)OCO3. The largest absolute Gasteiger partial charge is 0.454 e. The summed E-state index contributed by atoms with van der Waals surface area (Å²) in [5, 5.41) is 0. The van der Waals surface area contributed by atoms with E-state index in [9.17, 15) is 0 Å². The molecule has 1 aliphatic rings. The minimum atomic E-state index is 0.274. The van der Waals surface area contributed by atoms with Gasteiger partial charge in [-0.25, -0.2) is 4.98 Å². The molecule has 118 valence electrons.